The zero-order valence-corrected chi connectivity index (χ0v) is 27.4. The van der Waals surface area contributed by atoms with Crippen molar-refractivity contribution >= 4 is 16.1 Å². The largest absolute Gasteiger partial charge is 0.497 e. The molecule has 2 saturated heterocycles. The number of sulfonamides is 1. The summed E-state index contributed by atoms with van der Waals surface area (Å²) >= 11 is 0. The maximum atomic E-state index is 14.4. The number of aliphatic hydroxyl groups excluding tert-OH is 1. The molecule has 2 fully saturated rings. The molecule has 0 radical (unpaired) electrons. The third kappa shape index (κ3) is 8.80. The number of fused-ring (bicyclic) bond motifs is 2. The fourth-order valence-corrected chi connectivity index (χ4v) is 7.81. The van der Waals surface area contributed by atoms with Gasteiger partial charge in [0.1, 0.15) is 22.5 Å². The van der Waals surface area contributed by atoms with Gasteiger partial charge in [0, 0.05) is 19.2 Å². The van der Waals surface area contributed by atoms with Crippen LogP contribution < -0.4 is 14.8 Å². The summed E-state index contributed by atoms with van der Waals surface area (Å²) < 4.78 is 58.3. The maximum absolute atomic E-state index is 14.4. The lowest BCUT2D eigenvalue weighted by Crippen LogP contribution is -2.51. The maximum Gasteiger partial charge on any atom is 0.407 e. The number of carbonyl (C=O) groups excluding carboxylic acids is 1. The quantitative estimate of drug-likeness (QED) is 0.399. The number of amides is 1. The molecule has 2 N–H and O–H groups in total. The van der Waals surface area contributed by atoms with Gasteiger partial charge in [-0.15, -0.1) is 0 Å². The van der Waals surface area contributed by atoms with Gasteiger partial charge >= 0.3 is 6.09 Å². The predicted molar refractivity (Wildman–Crippen MR) is 171 cm³/mol. The van der Waals surface area contributed by atoms with Gasteiger partial charge in [-0.3, -0.25) is 0 Å². The van der Waals surface area contributed by atoms with Crippen LogP contribution >= 0.6 is 0 Å². The molecule has 0 aromatic heterocycles. The van der Waals surface area contributed by atoms with E-state index in [9.17, 15) is 18.3 Å². The molecular formula is C34H46N2O9S. The number of ether oxygens (including phenoxy) is 5. The van der Waals surface area contributed by atoms with Gasteiger partial charge in [-0.25, -0.2) is 13.2 Å². The summed E-state index contributed by atoms with van der Waals surface area (Å²) in [5, 5.41) is 14.6. The lowest BCUT2D eigenvalue weighted by Gasteiger charge is -2.31. The molecule has 46 heavy (non-hydrogen) atoms. The number of benzene rings is 2. The van der Waals surface area contributed by atoms with E-state index in [1.165, 1.54) is 17.5 Å². The van der Waals surface area contributed by atoms with Crippen LogP contribution in [0.4, 0.5) is 4.79 Å². The molecular weight excluding hydrogens is 612 g/mol. The number of aliphatic hydroxyl groups is 1. The molecule has 0 bridgehead atoms. The molecule has 5 rings (SSSR count). The van der Waals surface area contributed by atoms with E-state index in [1.54, 1.807) is 12.1 Å². The lowest BCUT2D eigenvalue weighted by atomic mass is 10.0. The first kappa shape index (κ1) is 34.2. The summed E-state index contributed by atoms with van der Waals surface area (Å²) in [5.41, 5.74) is 0.869. The minimum absolute atomic E-state index is 0.00171. The molecule has 0 spiro atoms. The van der Waals surface area contributed by atoms with E-state index in [-0.39, 0.29) is 54.9 Å². The van der Waals surface area contributed by atoms with E-state index in [2.05, 4.69) is 17.5 Å². The highest BCUT2D eigenvalue weighted by atomic mass is 32.2. The average Bonchev–Trinajstić information content (AvgIpc) is 3.67. The molecule has 252 valence electrons. The number of rotatable bonds is 8. The van der Waals surface area contributed by atoms with Crippen molar-refractivity contribution in [3.63, 3.8) is 0 Å². The highest BCUT2D eigenvalue weighted by Crippen LogP contribution is 2.34. The molecule has 3 aliphatic rings. The third-order valence-corrected chi connectivity index (χ3v) is 10.6. The Labute approximate surface area is 271 Å². The van der Waals surface area contributed by atoms with Crippen molar-refractivity contribution in [2.75, 3.05) is 40.0 Å². The summed E-state index contributed by atoms with van der Waals surface area (Å²) in [6.07, 6.45) is 5.67. The van der Waals surface area contributed by atoms with Crippen molar-refractivity contribution < 1.29 is 42.0 Å². The smallest absolute Gasteiger partial charge is 0.407 e. The molecule has 2 aromatic rings. The fourth-order valence-electron chi connectivity index (χ4n) is 6.12. The van der Waals surface area contributed by atoms with Crippen molar-refractivity contribution in [2.45, 2.75) is 74.9 Å². The first-order valence-corrected chi connectivity index (χ1v) is 17.6. The van der Waals surface area contributed by atoms with E-state index >= 15 is 0 Å². The van der Waals surface area contributed by atoms with E-state index in [0.29, 0.717) is 25.4 Å². The SMILES string of the molecule is COc1ccc2c(c1)OCCCC/C=C/C[C@@H](C)CN(C[C@@H](O)[C@H](Cc1ccccc1)NC(=O)O[C@@H]1CO[C@H]3OCC[C@H]31)S2(=O)=O. The second kappa shape index (κ2) is 16.1. The van der Waals surface area contributed by atoms with Crippen LogP contribution in [0, 0.1) is 11.8 Å². The van der Waals surface area contributed by atoms with Gasteiger partial charge in [0.05, 0.1) is 45.0 Å². The number of β-amino-alcohol motifs (C(OH)–C–C–N with tert-alkyl or cyclic N) is 1. The fraction of sp³-hybridized carbons (Fsp3) is 0.559. The van der Waals surface area contributed by atoms with Crippen molar-refractivity contribution in [2.24, 2.45) is 11.8 Å². The number of hydrogen-bond donors (Lipinski definition) is 2. The molecule has 6 atom stereocenters. The summed E-state index contributed by atoms with van der Waals surface area (Å²) in [5.74, 6) is 0.597. The Morgan fingerprint density at radius 1 is 1.11 bits per heavy atom. The number of hydrogen-bond acceptors (Lipinski definition) is 9. The van der Waals surface area contributed by atoms with Crippen molar-refractivity contribution in [1.82, 2.24) is 9.62 Å². The Kier molecular flexibility index (Phi) is 12.0. The molecule has 3 heterocycles. The van der Waals surface area contributed by atoms with Gasteiger partial charge in [-0.2, -0.15) is 4.31 Å². The van der Waals surface area contributed by atoms with Crippen LogP contribution in [0.25, 0.3) is 0 Å². The lowest BCUT2D eigenvalue weighted by molar-refractivity contribution is -0.0907. The summed E-state index contributed by atoms with van der Waals surface area (Å²) in [6.45, 7) is 3.01. The average molecular weight is 659 g/mol. The van der Waals surface area contributed by atoms with Crippen LogP contribution in [0.2, 0.25) is 0 Å². The number of nitrogens with zero attached hydrogens (tertiary/aromatic N) is 1. The van der Waals surface area contributed by atoms with E-state index in [1.807, 2.05) is 37.3 Å². The zero-order chi connectivity index (χ0) is 32.5. The molecule has 12 heteroatoms. The minimum Gasteiger partial charge on any atom is -0.497 e. The number of nitrogens with one attached hydrogen (secondary N) is 1. The van der Waals surface area contributed by atoms with E-state index in [4.69, 9.17) is 23.7 Å². The summed E-state index contributed by atoms with van der Waals surface area (Å²) in [4.78, 5) is 13.2. The Bertz CT molecular complexity index is 1420. The third-order valence-electron chi connectivity index (χ3n) is 8.71. The topological polar surface area (TPSA) is 133 Å². The summed E-state index contributed by atoms with van der Waals surface area (Å²) in [6, 6.07) is 13.2. The van der Waals surface area contributed by atoms with Crippen LogP contribution in [-0.2, 0) is 30.7 Å². The van der Waals surface area contributed by atoms with Gasteiger partial charge in [0.2, 0.25) is 10.0 Å². The van der Waals surface area contributed by atoms with Crippen molar-refractivity contribution in [1.29, 1.82) is 0 Å². The normalized spacial score (nSPS) is 27.2. The van der Waals surface area contributed by atoms with Gasteiger partial charge in [0.25, 0.3) is 0 Å². The van der Waals surface area contributed by atoms with Crippen LogP contribution in [0.5, 0.6) is 11.5 Å². The molecule has 1 amide bonds. The van der Waals surface area contributed by atoms with Crippen LogP contribution in [0.3, 0.4) is 0 Å². The Balaban J connectivity index is 1.40. The van der Waals surface area contributed by atoms with E-state index in [0.717, 1.165) is 31.2 Å². The van der Waals surface area contributed by atoms with Crippen molar-refractivity contribution in [3.05, 3.63) is 66.2 Å². The number of methoxy groups -OCH3 is 1. The first-order valence-electron chi connectivity index (χ1n) is 16.1. The van der Waals surface area contributed by atoms with Gasteiger partial charge in [-0.1, -0.05) is 49.4 Å². The molecule has 0 aliphatic carbocycles. The monoisotopic (exact) mass is 658 g/mol. The predicted octanol–water partition coefficient (Wildman–Crippen LogP) is 4.29. The highest BCUT2D eigenvalue weighted by Gasteiger charge is 2.44. The summed E-state index contributed by atoms with van der Waals surface area (Å²) in [7, 11) is -2.64. The first-order chi connectivity index (χ1) is 22.2. The molecule has 0 saturated carbocycles. The zero-order valence-electron chi connectivity index (χ0n) is 26.6. The number of allylic oxidation sites excluding steroid dienone is 2. The van der Waals surface area contributed by atoms with Gasteiger partial charge in [0.15, 0.2) is 6.29 Å². The number of carbonyl (C=O) groups is 1. The standard InChI is InChI=1S/C34H46N2O9S/c1-24-11-7-4-3-5-10-17-42-30-20-26(41-2)14-15-32(30)46(39,40)36(21-24)22-29(37)28(19-25-12-8-6-9-13-25)35-34(38)45-31-23-44-33-27(31)16-18-43-33/h4,6-9,12-15,20,24,27-29,31,33,37H,3,5,10-11,16-19,21-23H2,1-2H3,(H,35,38)/b7-4+/t24-,27+,28+,29-,31-,33-/m1/s1. The molecule has 0 unspecified atom stereocenters. The van der Waals surface area contributed by atoms with Crippen LogP contribution in [0.15, 0.2) is 65.6 Å². The molecule has 2 aromatic carbocycles. The van der Waals surface area contributed by atoms with Crippen molar-refractivity contribution in [3.8, 4) is 11.5 Å². The highest BCUT2D eigenvalue weighted by molar-refractivity contribution is 7.89. The molecule has 3 aliphatic heterocycles. The Morgan fingerprint density at radius 2 is 1.93 bits per heavy atom. The molecule has 11 nitrogen and oxygen atoms in total. The van der Waals surface area contributed by atoms with Crippen LogP contribution in [-0.4, -0.2) is 88.5 Å². The second-order valence-corrected chi connectivity index (χ2v) is 14.2. The minimum atomic E-state index is -4.15. The van der Waals surface area contributed by atoms with E-state index < -0.39 is 34.4 Å². The number of alkyl carbamates (subject to hydrolysis) is 1. The Hall–Kier alpha value is -3.16. The Morgan fingerprint density at radius 3 is 2.74 bits per heavy atom. The van der Waals surface area contributed by atoms with Crippen LogP contribution in [0.1, 0.15) is 44.6 Å². The van der Waals surface area contributed by atoms with Gasteiger partial charge in [-0.05, 0) is 62.1 Å². The second-order valence-electron chi connectivity index (χ2n) is 12.3. The van der Waals surface area contributed by atoms with Gasteiger partial charge < -0.3 is 34.1 Å².